The van der Waals surface area contributed by atoms with Gasteiger partial charge in [-0.25, -0.2) is 0 Å². The van der Waals surface area contributed by atoms with Crippen molar-refractivity contribution in [3.8, 4) is 5.88 Å². The summed E-state index contributed by atoms with van der Waals surface area (Å²) in [5.74, 6) is -0.154. The lowest BCUT2D eigenvalue weighted by Crippen LogP contribution is -2.16. The molecule has 0 spiro atoms. The van der Waals surface area contributed by atoms with E-state index in [9.17, 15) is 9.90 Å². The number of aromatic hydroxyl groups is 1. The highest BCUT2D eigenvalue weighted by atomic mass is 32.1. The zero-order valence-corrected chi connectivity index (χ0v) is 10.2. The summed E-state index contributed by atoms with van der Waals surface area (Å²) in [6.07, 6.45) is 7.19. The number of nitrogens with zero attached hydrogens (tertiary/aromatic N) is 1. The average Bonchev–Trinajstić information content (AvgIpc) is 2.29. The van der Waals surface area contributed by atoms with Crippen LogP contribution >= 0.6 is 12.2 Å². The largest absolute Gasteiger partial charge is 0.494 e. The van der Waals surface area contributed by atoms with Gasteiger partial charge in [0, 0.05) is 6.54 Å². The Kier molecular flexibility index (Phi) is 4.66. The summed E-state index contributed by atoms with van der Waals surface area (Å²) >= 11 is 4.95. The average molecular weight is 250 g/mol. The van der Waals surface area contributed by atoms with Gasteiger partial charge in [-0.05, 0) is 24.7 Å². The summed E-state index contributed by atoms with van der Waals surface area (Å²) in [7, 11) is 0. The molecule has 0 saturated heterocycles. The first-order chi connectivity index (χ1) is 8.11. The molecule has 0 unspecified atom stereocenters. The van der Waals surface area contributed by atoms with E-state index in [4.69, 9.17) is 12.2 Å². The SMILES string of the molecule is C=CCC=Cc1c(O)n(CC=C)c(=S)[nH]c1=O. The Morgan fingerprint density at radius 1 is 1.41 bits per heavy atom. The van der Waals surface area contributed by atoms with Crippen molar-refractivity contribution in [1.29, 1.82) is 0 Å². The van der Waals surface area contributed by atoms with Crippen LogP contribution in [0.2, 0.25) is 0 Å². The van der Waals surface area contributed by atoms with Crippen LogP contribution in [0.4, 0.5) is 0 Å². The molecule has 2 N–H and O–H groups in total. The number of aromatic amines is 1. The summed E-state index contributed by atoms with van der Waals surface area (Å²) < 4.78 is 1.57. The van der Waals surface area contributed by atoms with Gasteiger partial charge in [0.25, 0.3) is 5.56 Å². The molecule has 4 nitrogen and oxygen atoms in total. The van der Waals surface area contributed by atoms with Gasteiger partial charge in [-0.1, -0.05) is 18.2 Å². The van der Waals surface area contributed by atoms with Crippen LogP contribution in [0.3, 0.4) is 0 Å². The fourth-order valence-corrected chi connectivity index (χ4v) is 1.56. The Labute approximate surface area is 104 Å². The van der Waals surface area contributed by atoms with Crippen molar-refractivity contribution in [2.45, 2.75) is 13.0 Å². The molecule has 1 heterocycles. The molecule has 0 aromatic carbocycles. The smallest absolute Gasteiger partial charge is 0.262 e. The molecule has 0 fully saturated rings. The quantitative estimate of drug-likeness (QED) is 0.623. The molecule has 0 atom stereocenters. The van der Waals surface area contributed by atoms with Gasteiger partial charge in [-0.2, -0.15) is 0 Å². The Hall–Kier alpha value is -1.88. The minimum atomic E-state index is -0.409. The van der Waals surface area contributed by atoms with E-state index < -0.39 is 5.56 Å². The molecule has 1 rings (SSSR count). The van der Waals surface area contributed by atoms with E-state index in [0.29, 0.717) is 13.0 Å². The molecular weight excluding hydrogens is 236 g/mol. The van der Waals surface area contributed by atoms with Gasteiger partial charge in [-0.3, -0.25) is 14.3 Å². The lowest BCUT2D eigenvalue weighted by Gasteiger charge is -2.08. The van der Waals surface area contributed by atoms with Crippen LogP contribution in [0, 0.1) is 4.77 Å². The monoisotopic (exact) mass is 250 g/mol. The van der Waals surface area contributed by atoms with Crippen molar-refractivity contribution in [1.82, 2.24) is 9.55 Å². The number of aromatic nitrogens is 2. The van der Waals surface area contributed by atoms with E-state index in [1.165, 1.54) is 4.57 Å². The third kappa shape index (κ3) is 3.04. The molecular formula is C12H14N2O2S. The fraction of sp³-hybridized carbons (Fsp3) is 0.167. The van der Waals surface area contributed by atoms with Crippen molar-refractivity contribution >= 4 is 18.3 Å². The second-order valence-electron chi connectivity index (χ2n) is 3.32. The first-order valence-electron chi connectivity index (χ1n) is 5.06. The van der Waals surface area contributed by atoms with Gasteiger partial charge in [0.2, 0.25) is 5.88 Å². The van der Waals surface area contributed by atoms with E-state index in [0.717, 1.165) is 0 Å². The normalized spacial score (nSPS) is 10.6. The first kappa shape index (κ1) is 13.2. The minimum Gasteiger partial charge on any atom is -0.494 e. The number of H-pyrrole nitrogens is 1. The zero-order valence-electron chi connectivity index (χ0n) is 9.35. The van der Waals surface area contributed by atoms with Crippen molar-refractivity contribution in [3.63, 3.8) is 0 Å². The van der Waals surface area contributed by atoms with E-state index >= 15 is 0 Å². The van der Waals surface area contributed by atoms with Crippen LogP contribution in [0.25, 0.3) is 6.08 Å². The highest BCUT2D eigenvalue weighted by molar-refractivity contribution is 7.71. The molecule has 17 heavy (non-hydrogen) atoms. The van der Waals surface area contributed by atoms with Gasteiger partial charge >= 0.3 is 0 Å². The van der Waals surface area contributed by atoms with E-state index in [2.05, 4.69) is 18.1 Å². The topological polar surface area (TPSA) is 58.0 Å². The maximum Gasteiger partial charge on any atom is 0.262 e. The standard InChI is InChI=1S/C12H14N2O2S/c1-3-5-6-7-9-10(15)13-12(17)14(8-4-2)11(9)16/h3-4,6-7,16H,1-2,5,8H2,(H,13,15,17). The van der Waals surface area contributed by atoms with E-state index in [1.54, 1.807) is 24.3 Å². The predicted octanol–water partition coefficient (Wildman–Crippen LogP) is 2.39. The fourth-order valence-electron chi connectivity index (χ4n) is 1.31. The second-order valence-corrected chi connectivity index (χ2v) is 3.71. The molecule has 0 amide bonds. The van der Waals surface area contributed by atoms with Crippen molar-refractivity contribution < 1.29 is 5.11 Å². The number of hydrogen-bond acceptors (Lipinski definition) is 3. The van der Waals surface area contributed by atoms with Gasteiger partial charge in [-0.15, -0.1) is 13.2 Å². The second kappa shape index (κ2) is 6.00. The molecule has 5 heteroatoms. The summed E-state index contributed by atoms with van der Waals surface area (Å²) in [6.45, 7) is 7.46. The van der Waals surface area contributed by atoms with Crippen LogP contribution in [-0.4, -0.2) is 14.7 Å². The van der Waals surface area contributed by atoms with Gasteiger partial charge < -0.3 is 5.11 Å². The molecule has 0 saturated carbocycles. The Balaban J connectivity index is 3.35. The van der Waals surface area contributed by atoms with Gasteiger partial charge in [0.05, 0.1) is 5.56 Å². The maximum atomic E-state index is 11.6. The van der Waals surface area contributed by atoms with Crippen LogP contribution in [0.5, 0.6) is 5.88 Å². The lowest BCUT2D eigenvalue weighted by atomic mass is 10.2. The van der Waals surface area contributed by atoms with Crippen LogP contribution < -0.4 is 5.56 Å². The molecule has 0 aliphatic heterocycles. The van der Waals surface area contributed by atoms with Crippen LogP contribution in [-0.2, 0) is 6.54 Å². The number of hydrogen-bond donors (Lipinski definition) is 2. The summed E-state index contributed by atoms with van der Waals surface area (Å²) in [4.78, 5) is 14.1. The molecule has 90 valence electrons. The number of allylic oxidation sites excluding steroid dienone is 3. The van der Waals surface area contributed by atoms with Crippen molar-refractivity contribution in [3.05, 3.63) is 52.1 Å². The zero-order chi connectivity index (χ0) is 12.8. The third-order valence-electron chi connectivity index (χ3n) is 2.11. The number of rotatable bonds is 5. The predicted molar refractivity (Wildman–Crippen MR) is 71.6 cm³/mol. The summed E-state index contributed by atoms with van der Waals surface area (Å²) in [5.41, 5.74) is -0.226. The highest BCUT2D eigenvalue weighted by Crippen LogP contribution is 2.14. The van der Waals surface area contributed by atoms with E-state index in [-0.39, 0.29) is 16.2 Å². The Morgan fingerprint density at radius 2 is 2.12 bits per heavy atom. The van der Waals surface area contributed by atoms with Crippen molar-refractivity contribution in [2.24, 2.45) is 0 Å². The molecule has 0 aliphatic rings. The molecule has 0 bridgehead atoms. The lowest BCUT2D eigenvalue weighted by molar-refractivity contribution is 0.412. The summed E-state index contributed by atoms with van der Waals surface area (Å²) in [6, 6.07) is 0. The van der Waals surface area contributed by atoms with Gasteiger partial charge in [0.15, 0.2) is 4.77 Å². The maximum absolute atomic E-state index is 11.6. The number of nitrogens with one attached hydrogen (secondary N) is 1. The van der Waals surface area contributed by atoms with Gasteiger partial charge in [0.1, 0.15) is 0 Å². The highest BCUT2D eigenvalue weighted by Gasteiger charge is 2.08. The molecule has 1 aromatic heterocycles. The minimum absolute atomic E-state index is 0.154. The Morgan fingerprint density at radius 3 is 2.71 bits per heavy atom. The molecule has 0 radical (unpaired) electrons. The summed E-state index contributed by atoms with van der Waals surface area (Å²) in [5, 5.41) is 9.93. The third-order valence-corrected chi connectivity index (χ3v) is 2.43. The van der Waals surface area contributed by atoms with Crippen LogP contribution in [0.1, 0.15) is 12.0 Å². The van der Waals surface area contributed by atoms with Crippen LogP contribution in [0.15, 0.2) is 36.2 Å². The first-order valence-corrected chi connectivity index (χ1v) is 5.47. The molecule has 1 aromatic rings. The Bertz CT molecular complexity index is 567. The van der Waals surface area contributed by atoms with E-state index in [1.807, 2.05) is 0 Å². The molecule has 0 aliphatic carbocycles. The van der Waals surface area contributed by atoms with Crippen molar-refractivity contribution in [2.75, 3.05) is 0 Å².